The van der Waals surface area contributed by atoms with Gasteiger partial charge in [-0.15, -0.1) is 0 Å². The molecular weight excluding hydrogens is 380 g/mol. The smallest absolute Gasteiger partial charge is 0.294 e. The molecule has 1 aliphatic carbocycles. The highest BCUT2D eigenvalue weighted by molar-refractivity contribution is 7.85. The van der Waals surface area contributed by atoms with E-state index in [4.69, 9.17) is 9.29 Å². The molecule has 0 heterocycles. The van der Waals surface area contributed by atoms with Crippen LogP contribution in [0.2, 0.25) is 0 Å². The van der Waals surface area contributed by atoms with Gasteiger partial charge in [-0.2, -0.15) is 8.42 Å². The van der Waals surface area contributed by atoms with Crippen LogP contribution in [0.15, 0.2) is 77.7 Å². The molecule has 0 unspecified atom stereocenters. The van der Waals surface area contributed by atoms with E-state index in [0.717, 1.165) is 0 Å². The van der Waals surface area contributed by atoms with Crippen LogP contribution in [0.4, 0.5) is 0 Å². The van der Waals surface area contributed by atoms with Crippen molar-refractivity contribution in [3.8, 4) is 5.75 Å². The van der Waals surface area contributed by atoms with E-state index < -0.39 is 10.1 Å². The third kappa shape index (κ3) is 3.85. The molecule has 4 rings (SSSR count). The Balaban J connectivity index is 0.000000169. The lowest BCUT2D eigenvalue weighted by Gasteiger charge is -2.16. The molecule has 28 heavy (non-hydrogen) atoms. The highest BCUT2D eigenvalue weighted by atomic mass is 32.2. The fraction of sp³-hybridized carbons (Fsp3) is 0.0476. The summed E-state index contributed by atoms with van der Waals surface area (Å²) in [6.45, 7) is 0. The van der Waals surface area contributed by atoms with Crippen molar-refractivity contribution in [2.75, 3.05) is 7.11 Å². The van der Waals surface area contributed by atoms with Crippen molar-refractivity contribution in [3.63, 3.8) is 0 Å². The summed E-state index contributed by atoms with van der Waals surface area (Å²) in [5.74, 6) is 0.416. The SMILES string of the molecule is COc1ccc(S(=O)(=O)O)cc1.O=C1c2ccccc2C(=O)c2ccccc21. The van der Waals surface area contributed by atoms with Gasteiger partial charge in [-0.05, 0) is 24.3 Å². The normalized spacial score (nSPS) is 12.4. The van der Waals surface area contributed by atoms with E-state index in [9.17, 15) is 18.0 Å². The van der Waals surface area contributed by atoms with Crippen molar-refractivity contribution in [2.24, 2.45) is 0 Å². The van der Waals surface area contributed by atoms with E-state index >= 15 is 0 Å². The number of hydrogen-bond acceptors (Lipinski definition) is 5. The Morgan fingerprint density at radius 2 is 1.04 bits per heavy atom. The topological polar surface area (TPSA) is 97.7 Å². The summed E-state index contributed by atoms with van der Waals surface area (Å²) in [7, 11) is -2.61. The quantitative estimate of drug-likeness (QED) is 0.522. The van der Waals surface area contributed by atoms with Crippen LogP contribution in [0.5, 0.6) is 5.75 Å². The zero-order chi connectivity index (χ0) is 20.3. The Bertz CT molecular complexity index is 1040. The molecule has 0 spiro atoms. The maximum atomic E-state index is 12.1. The molecule has 0 bridgehead atoms. The number of ketones is 2. The molecule has 0 amide bonds. The summed E-state index contributed by atoms with van der Waals surface area (Å²) < 4.78 is 34.5. The van der Waals surface area contributed by atoms with Crippen LogP contribution in [0, 0.1) is 0 Å². The Kier molecular flexibility index (Phi) is 5.39. The van der Waals surface area contributed by atoms with Crippen molar-refractivity contribution in [2.45, 2.75) is 4.90 Å². The first-order chi connectivity index (χ1) is 13.3. The van der Waals surface area contributed by atoms with Crippen molar-refractivity contribution in [1.29, 1.82) is 0 Å². The van der Waals surface area contributed by atoms with Crippen molar-refractivity contribution >= 4 is 21.7 Å². The zero-order valence-electron chi connectivity index (χ0n) is 14.8. The van der Waals surface area contributed by atoms with Crippen LogP contribution in [0.3, 0.4) is 0 Å². The molecule has 0 aliphatic heterocycles. The molecule has 6 nitrogen and oxygen atoms in total. The van der Waals surface area contributed by atoms with Gasteiger partial charge in [0.1, 0.15) is 5.75 Å². The van der Waals surface area contributed by atoms with Crippen LogP contribution in [0.1, 0.15) is 31.8 Å². The molecule has 1 N–H and O–H groups in total. The molecule has 142 valence electrons. The first-order valence-electron chi connectivity index (χ1n) is 8.22. The molecule has 0 atom stereocenters. The average Bonchev–Trinajstić information content (AvgIpc) is 2.72. The van der Waals surface area contributed by atoms with Gasteiger partial charge < -0.3 is 4.74 Å². The van der Waals surface area contributed by atoms with Gasteiger partial charge in [0.05, 0.1) is 12.0 Å². The number of fused-ring (bicyclic) bond motifs is 2. The second-order valence-corrected chi connectivity index (χ2v) is 7.32. The molecule has 0 saturated carbocycles. The van der Waals surface area contributed by atoms with E-state index in [0.29, 0.717) is 28.0 Å². The lowest BCUT2D eigenvalue weighted by atomic mass is 9.84. The van der Waals surface area contributed by atoms with Gasteiger partial charge in [-0.1, -0.05) is 48.5 Å². The number of benzene rings is 3. The van der Waals surface area contributed by atoms with Crippen LogP contribution < -0.4 is 4.74 Å². The van der Waals surface area contributed by atoms with Gasteiger partial charge >= 0.3 is 0 Å². The van der Waals surface area contributed by atoms with E-state index in [1.807, 2.05) is 0 Å². The van der Waals surface area contributed by atoms with Crippen LogP contribution in [-0.4, -0.2) is 31.6 Å². The van der Waals surface area contributed by atoms with Gasteiger partial charge in [0.15, 0.2) is 11.6 Å². The van der Waals surface area contributed by atoms with Gasteiger partial charge in [-0.3, -0.25) is 14.1 Å². The minimum atomic E-state index is -4.08. The standard InChI is InChI=1S/C14H8O2.C7H8O4S/c15-13-9-5-1-2-6-10(9)14(16)12-8-4-3-7-11(12)13;1-11-6-2-4-7(5-3-6)12(8,9)10/h1-8H;2-5H,1H3,(H,8,9,10). The minimum absolute atomic E-state index is 0.0641. The van der Waals surface area contributed by atoms with E-state index in [1.54, 1.807) is 48.5 Å². The van der Waals surface area contributed by atoms with Gasteiger partial charge in [0.25, 0.3) is 10.1 Å². The molecular formula is C21H16O6S. The van der Waals surface area contributed by atoms with Gasteiger partial charge in [0.2, 0.25) is 0 Å². The maximum absolute atomic E-state index is 12.1. The predicted molar refractivity (Wildman–Crippen MR) is 103 cm³/mol. The van der Waals surface area contributed by atoms with Gasteiger partial charge in [0, 0.05) is 22.3 Å². The lowest BCUT2D eigenvalue weighted by molar-refractivity contribution is 0.0979. The molecule has 1 aliphatic rings. The summed E-state index contributed by atoms with van der Waals surface area (Å²) in [4.78, 5) is 24.1. The number of ether oxygens (including phenoxy) is 1. The first-order valence-corrected chi connectivity index (χ1v) is 9.66. The monoisotopic (exact) mass is 396 g/mol. The molecule has 3 aromatic carbocycles. The lowest BCUT2D eigenvalue weighted by Crippen LogP contribution is -2.20. The number of hydrogen-bond donors (Lipinski definition) is 1. The highest BCUT2D eigenvalue weighted by Gasteiger charge is 2.28. The summed E-state index contributed by atoms with van der Waals surface area (Å²) >= 11 is 0. The van der Waals surface area contributed by atoms with E-state index in [-0.39, 0.29) is 16.5 Å². The Morgan fingerprint density at radius 3 is 1.32 bits per heavy atom. The number of rotatable bonds is 2. The van der Waals surface area contributed by atoms with Crippen molar-refractivity contribution in [1.82, 2.24) is 0 Å². The molecule has 0 saturated heterocycles. The summed E-state index contributed by atoms with van der Waals surface area (Å²) in [6, 6.07) is 19.4. The second-order valence-electron chi connectivity index (χ2n) is 5.90. The van der Waals surface area contributed by atoms with Crippen molar-refractivity contribution < 1.29 is 27.3 Å². The molecule has 0 radical (unpaired) electrons. The maximum Gasteiger partial charge on any atom is 0.294 e. The molecule has 7 heteroatoms. The minimum Gasteiger partial charge on any atom is -0.497 e. The highest BCUT2D eigenvalue weighted by Crippen LogP contribution is 2.26. The van der Waals surface area contributed by atoms with E-state index in [2.05, 4.69) is 0 Å². The number of carbonyl (C=O) groups is 2. The Labute approximate surface area is 162 Å². The average molecular weight is 396 g/mol. The van der Waals surface area contributed by atoms with Crippen LogP contribution in [-0.2, 0) is 10.1 Å². The molecule has 0 aromatic heterocycles. The van der Waals surface area contributed by atoms with Crippen LogP contribution >= 0.6 is 0 Å². The zero-order valence-corrected chi connectivity index (χ0v) is 15.6. The third-order valence-electron chi connectivity index (χ3n) is 4.19. The molecule has 0 fully saturated rings. The summed E-state index contributed by atoms with van der Waals surface area (Å²) in [5, 5.41) is 0. The fourth-order valence-corrected chi connectivity index (χ4v) is 3.28. The molecule has 3 aromatic rings. The second kappa shape index (κ2) is 7.75. The largest absolute Gasteiger partial charge is 0.497 e. The number of methoxy groups -OCH3 is 1. The Morgan fingerprint density at radius 1 is 0.679 bits per heavy atom. The van der Waals surface area contributed by atoms with Crippen LogP contribution in [0.25, 0.3) is 0 Å². The summed E-state index contributed by atoms with van der Waals surface area (Å²) in [6.07, 6.45) is 0. The van der Waals surface area contributed by atoms with E-state index in [1.165, 1.54) is 31.4 Å². The van der Waals surface area contributed by atoms with Gasteiger partial charge in [-0.25, -0.2) is 0 Å². The first kappa shape index (κ1) is 19.5. The summed E-state index contributed by atoms with van der Waals surface area (Å²) in [5.41, 5.74) is 2.02. The Hall–Kier alpha value is -3.29. The number of carbonyl (C=O) groups excluding carboxylic acids is 2. The third-order valence-corrected chi connectivity index (χ3v) is 5.06. The van der Waals surface area contributed by atoms with Crippen molar-refractivity contribution in [3.05, 3.63) is 95.1 Å². The fourth-order valence-electron chi connectivity index (χ4n) is 2.80. The predicted octanol–water partition coefficient (Wildman–Crippen LogP) is 3.40.